The quantitative estimate of drug-likeness (QED) is 0.767. The summed E-state index contributed by atoms with van der Waals surface area (Å²) in [6, 6.07) is 4.55. The molecule has 0 saturated heterocycles. The Balaban J connectivity index is 2.72. The lowest BCUT2D eigenvalue weighted by Gasteiger charge is -2.16. The van der Waals surface area contributed by atoms with E-state index in [4.69, 9.17) is 4.74 Å². The number of hydrogen-bond acceptors (Lipinski definition) is 2. The van der Waals surface area contributed by atoms with E-state index < -0.39 is 11.7 Å². The first-order valence-corrected chi connectivity index (χ1v) is 7.31. The van der Waals surface area contributed by atoms with Gasteiger partial charge in [0.15, 0.2) is 0 Å². The molecule has 3 nitrogen and oxygen atoms in total. The number of amides is 1. The largest absolute Gasteiger partial charge is 0.385 e. The number of methoxy groups -OCH3 is 1. The van der Waals surface area contributed by atoms with Crippen molar-refractivity contribution in [3.8, 4) is 0 Å². The highest BCUT2D eigenvalue weighted by Crippen LogP contribution is 2.18. The van der Waals surface area contributed by atoms with Gasteiger partial charge in [-0.05, 0) is 34.5 Å². The molecule has 0 aliphatic heterocycles. The Hall–Kier alpha value is -0.460. The van der Waals surface area contributed by atoms with E-state index in [2.05, 4.69) is 37.2 Å². The number of rotatable bonds is 6. The molecule has 1 amide bonds. The van der Waals surface area contributed by atoms with Crippen LogP contribution in [0, 0.1) is 5.82 Å². The number of halogens is 3. The minimum atomic E-state index is -0.546. The van der Waals surface area contributed by atoms with Gasteiger partial charge in [0.05, 0.1) is 10.0 Å². The number of nitrogens with one attached hydrogen (secondary N) is 1. The molecule has 0 radical (unpaired) electrons. The van der Waals surface area contributed by atoms with Crippen molar-refractivity contribution in [3.63, 3.8) is 0 Å². The van der Waals surface area contributed by atoms with Crippen molar-refractivity contribution in [2.24, 2.45) is 0 Å². The number of ether oxygens (including phenoxy) is 1. The third kappa shape index (κ3) is 4.33. The van der Waals surface area contributed by atoms with Crippen LogP contribution in [-0.2, 0) is 4.74 Å². The maximum Gasteiger partial charge on any atom is 0.254 e. The van der Waals surface area contributed by atoms with Gasteiger partial charge >= 0.3 is 0 Å². The number of carbonyl (C=O) groups excluding carboxylic acids is 1. The minimum Gasteiger partial charge on any atom is -0.385 e. The summed E-state index contributed by atoms with van der Waals surface area (Å²) in [5, 5.41) is 3.35. The van der Waals surface area contributed by atoms with Crippen LogP contribution < -0.4 is 5.32 Å². The number of benzene rings is 1. The van der Waals surface area contributed by atoms with Gasteiger partial charge in [-0.25, -0.2) is 4.39 Å². The fourth-order valence-electron chi connectivity index (χ4n) is 1.39. The zero-order chi connectivity index (χ0) is 13.5. The van der Waals surface area contributed by atoms with E-state index in [9.17, 15) is 9.18 Å². The molecule has 1 aromatic carbocycles. The molecule has 18 heavy (non-hydrogen) atoms. The molecule has 6 heteroatoms. The van der Waals surface area contributed by atoms with Crippen LogP contribution in [0.2, 0.25) is 0 Å². The SMILES string of the molecule is COCCC(CBr)NC(=O)c1cccc(Br)c1F. The standard InChI is InChI=1S/C12H14Br2FNO2/c1-18-6-5-8(7-13)16-12(17)9-3-2-4-10(14)11(9)15/h2-4,8H,5-7H2,1H3,(H,16,17). The van der Waals surface area contributed by atoms with E-state index in [0.717, 1.165) is 0 Å². The Morgan fingerprint density at radius 1 is 1.56 bits per heavy atom. The predicted octanol–water partition coefficient (Wildman–Crippen LogP) is 3.12. The van der Waals surface area contributed by atoms with Crippen molar-refractivity contribution in [2.75, 3.05) is 19.0 Å². The molecule has 1 rings (SSSR count). The van der Waals surface area contributed by atoms with Crippen molar-refractivity contribution < 1.29 is 13.9 Å². The van der Waals surface area contributed by atoms with Gasteiger partial charge in [-0.3, -0.25) is 4.79 Å². The molecular weight excluding hydrogens is 369 g/mol. The highest BCUT2D eigenvalue weighted by atomic mass is 79.9. The molecule has 1 N–H and O–H groups in total. The molecular formula is C12H14Br2FNO2. The lowest BCUT2D eigenvalue weighted by Crippen LogP contribution is -2.37. The average molecular weight is 383 g/mol. The summed E-state index contributed by atoms with van der Waals surface area (Å²) in [5.41, 5.74) is 0.0349. The molecule has 0 spiro atoms. The van der Waals surface area contributed by atoms with Crippen molar-refractivity contribution in [1.82, 2.24) is 5.32 Å². The van der Waals surface area contributed by atoms with Gasteiger partial charge in [-0.1, -0.05) is 22.0 Å². The van der Waals surface area contributed by atoms with Crippen LogP contribution in [0.25, 0.3) is 0 Å². The van der Waals surface area contributed by atoms with Gasteiger partial charge in [0.25, 0.3) is 5.91 Å². The van der Waals surface area contributed by atoms with Crippen molar-refractivity contribution >= 4 is 37.8 Å². The Kier molecular flexibility index (Phi) is 6.81. The highest BCUT2D eigenvalue weighted by Gasteiger charge is 2.17. The first-order valence-electron chi connectivity index (χ1n) is 5.40. The third-order valence-electron chi connectivity index (χ3n) is 2.39. The Morgan fingerprint density at radius 2 is 2.28 bits per heavy atom. The van der Waals surface area contributed by atoms with Crippen LogP contribution in [0.4, 0.5) is 4.39 Å². The minimum absolute atomic E-state index is 0.0349. The molecule has 1 atom stereocenters. The van der Waals surface area contributed by atoms with Gasteiger partial charge < -0.3 is 10.1 Å². The summed E-state index contributed by atoms with van der Waals surface area (Å²) in [5.74, 6) is -0.968. The molecule has 0 fully saturated rings. The smallest absolute Gasteiger partial charge is 0.254 e. The predicted molar refractivity (Wildman–Crippen MR) is 75.6 cm³/mol. The Bertz CT molecular complexity index is 415. The second kappa shape index (κ2) is 7.86. The molecule has 0 aliphatic rings. The van der Waals surface area contributed by atoms with E-state index in [0.29, 0.717) is 18.4 Å². The van der Waals surface area contributed by atoms with E-state index in [-0.39, 0.29) is 16.1 Å². The molecule has 0 bridgehead atoms. The van der Waals surface area contributed by atoms with E-state index in [1.54, 1.807) is 19.2 Å². The van der Waals surface area contributed by atoms with Crippen molar-refractivity contribution in [3.05, 3.63) is 34.1 Å². The topological polar surface area (TPSA) is 38.3 Å². The van der Waals surface area contributed by atoms with Gasteiger partial charge in [0, 0.05) is 25.1 Å². The van der Waals surface area contributed by atoms with Gasteiger partial charge in [0.2, 0.25) is 0 Å². The Labute approximate surface area is 122 Å². The zero-order valence-electron chi connectivity index (χ0n) is 9.88. The Morgan fingerprint density at radius 3 is 2.89 bits per heavy atom. The monoisotopic (exact) mass is 381 g/mol. The fraction of sp³-hybridized carbons (Fsp3) is 0.417. The normalized spacial score (nSPS) is 12.2. The van der Waals surface area contributed by atoms with Crippen LogP contribution in [0.15, 0.2) is 22.7 Å². The summed E-state index contributed by atoms with van der Waals surface area (Å²) in [7, 11) is 1.60. The third-order valence-corrected chi connectivity index (χ3v) is 3.78. The zero-order valence-corrected chi connectivity index (χ0v) is 13.1. The molecule has 0 aliphatic carbocycles. The summed E-state index contributed by atoms with van der Waals surface area (Å²) < 4.78 is 18.9. The molecule has 0 saturated carbocycles. The highest BCUT2D eigenvalue weighted by molar-refractivity contribution is 9.10. The fourth-order valence-corrected chi connectivity index (χ4v) is 2.24. The number of hydrogen-bond donors (Lipinski definition) is 1. The summed E-state index contributed by atoms with van der Waals surface area (Å²) in [4.78, 5) is 11.9. The number of carbonyl (C=O) groups is 1. The molecule has 0 aromatic heterocycles. The molecule has 100 valence electrons. The lowest BCUT2D eigenvalue weighted by atomic mass is 10.1. The van der Waals surface area contributed by atoms with Gasteiger partial charge in [-0.2, -0.15) is 0 Å². The average Bonchev–Trinajstić information content (AvgIpc) is 2.37. The van der Waals surface area contributed by atoms with Crippen LogP contribution in [-0.4, -0.2) is 31.0 Å². The van der Waals surface area contributed by atoms with Gasteiger partial charge in [0.1, 0.15) is 5.82 Å². The molecule has 1 unspecified atom stereocenters. The summed E-state index contributed by atoms with van der Waals surface area (Å²) in [6.45, 7) is 0.539. The van der Waals surface area contributed by atoms with Crippen LogP contribution in [0.5, 0.6) is 0 Å². The van der Waals surface area contributed by atoms with Crippen molar-refractivity contribution in [2.45, 2.75) is 12.5 Å². The van der Waals surface area contributed by atoms with E-state index in [1.807, 2.05) is 0 Å². The van der Waals surface area contributed by atoms with Crippen LogP contribution in [0.1, 0.15) is 16.8 Å². The second-order valence-corrected chi connectivity index (χ2v) is 5.21. The van der Waals surface area contributed by atoms with Crippen molar-refractivity contribution in [1.29, 1.82) is 0 Å². The maximum atomic E-state index is 13.7. The van der Waals surface area contributed by atoms with E-state index in [1.165, 1.54) is 6.07 Å². The first-order chi connectivity index (χ1) is 8.60. The molecule has 0 heterocycles. The number of alkyl halides is 1. The van der Waals surface area contributed by atoms with Crippen LogP contribution in [0.3, 0.4) is 0 Å². The summed E-state index contributed by atoms with van der Waals surface area (Å²) in [6.07, 6.45) is 0.670. The maximum absolute atomic E-state index is 13.7. The van der Waals surface area contributed by atoms with Gasteiger partial charge in [-0.15, -0.1) is 0 Å². The lowest BCUT2D eigenvalue weighted by molar-refractivity contribution is 0.0926. The molecule has 1 aromatic rings. The summed E-state index contributed by atoms with van der Waals surface area (Å²) >= 11 is 6.36. The first kappa shape index (κ1) is 15.6. The van der Waals surface area contributed by atoms with Crippen LogP contribution >= 0.6 is 31.9 Å². The van der Waals surface area contributed by atoms with E-state index >= 15 is 0 Å². The second-order valence-electron chi connectivity index (χ2n) is 3.71.